The van der Waals surface area contributed by atoms with E-state index in [0.717, 1.165) is 50.1 Å². The first kappa shape index (κ1) is 24.6. The Bertz CT molecular complexity index is 716. The molecule has 0 fully saturated rings. The van der Waals surface area contributed by atoms with Gasteiger partial charge < -0.3 is 30.6 Å². The standard InChI is InChI=1S/C14H23NO2.C9H13NO2/c1-3-8-15(9-4-2)10-7-12-5-6-13(16)14(17)11-12;1-10-5-4-7-2-3-8(11)9(12)6-7/h5-6,11,16-17H,3-4,7-10H2,1-2H3;2-3,6,10-12H,4-5H2,1H3. The first-order valence-electron chi connectivity index (χ1n) is 10.3. The van der Waals surface area contributed by atoms with E-state index in [1.165, 1.54) is 18.9 Å². The molecule has 0 aliphatic carbocycles. The van der Waals surface area contributed by atoms with Crippen LogP contribution in [-0.2, 0) is 12.8 Å². The van der Waals surface area contributed by atoms with Gasteiger partial charge >= 0.3 is 0 Å². The van der Waals surface area contributed by atoms with Crippen LogP contribution in [0.2, 0.25) is 0 Å². The Morgan fingerprint density at radius 1 is 0.690 bits per heavy atom. The second kappa shape index (κ2) is 13.7. The molecule has 6 heteroatoms. The zero-order chi connectivity index (χ0) is 21.6. The Morgan fingerprint density at radius 3 is 1.59 bits per heavy atom. The van der Waals surface area contributed by atoms with Gasteiger partial charge in [0.25, 0.3) is 0 Å². The van der Waals surface area contributed by atoms with Crippen molar-refractivity contribution in [3.63, 3.8) is 0 Å². The van der Waals surface area contributed by atoms with E-state index in [9.17, 15) is 10.2 Å². The highest BCUT2D eigenvalue weighted by atomic mass is 16.3. The molecule has 0 spiro atoms. The van der Waals surface area contributed by atoms with E-state index in [-0.39, 0.29) is 23.0 Å². The SMILES string of the molecule is CCCN(CCC)CCc1ccc(O)c(O)c1.CNCCc1ccc(O)c(O)c1. The molecule has 2 rings (SSSR count). The molecule has 6 nitrogen and oxygen atoms in total. The van der Waals surface area contributed by atoms with Gasteiger partial charge in [0, 0.05) is 6.54 Å². The number of phenols is 4. The van der Waals surface area contributed by atoms with Crippen LogP contribution in [0.5, 0.6) is 23.0 Å². The number of phenolic OH excluding ortho intramolecular Hbond substituents is 4. The molecule has 162 valence electrons. The van der Waals surface area contributed by atoms with Crippen molar-refractivity contribution < 1.29 is 20.4 Å². The zero-order valence-electron chi connectivity index (χ0n) is 17.9. The Balaban J connectivity index is 0.000000308. The second-order valence-electron chi connectivity index (χ2n) is 7.09. The van der Waals surface area contributed by atoms with E-state index >= 15 is 0 Å². The van der Waals surface area contributed by atoms with Crippen molar-refractivity contribution in [3.8, 4) is 23.0 Å². The maximum atomic E-state index is 9.41. The van der Waals surface area contributed by atoms with Gasteiger partial charge in [-0.2, -0.15) is 0 Å². The number of hydrogen-bond donors (Lipinski definition) is 5. The molecule has 0 aliphatic heterocycles. The van der Waals surface area contributed by atoms with Crippen LogP contribution in [0.4, 0.5) is 0 Å². The second-order valence-corrected chi connectivity index (χ2v) is 7.09. The predicted molar refractivity (Wildman–Crippen MR) is 118 cm³/mol. The van der Waals surface area contributed by atoms with Crippen LogP contribution >= 0.6 is 0 Å². The lowest BCUT2D eigenvalue weighted by Crippen LogP contribution is -2.27. The third-order valence-corrected chi connectivity index (χ3v) is 4.54. The molecule has 0 aromatic heterocycles. The lowest BCUT2D eigenvalue weighted by Gasteiger charge is -2.20. The van der Waals surface area contributed by atoms with Crippen LogP contribution in [0.25, 0.3) is 0 Å². The summed E-state index contributed by atoms with van der Waals surface area (Å²) in [7, 11) is 1.88. The van der Waals surface area contributed by atoms with Gasteiger partial charge in [-0.1, -0.05) is 26.0 Å². The quantitative estimate of drug-likeness (QED) is 0.388. The van der Waals surface area contributed by atoms with Gasteiger partial charge in [-0.05, 0) is 87.8 Å². The lowest BCUT2D eigenvalue weighted by atomic mass is 10.1. The van der Waals surface area contributed by atoms with Crippen LogP contribution in [-0.4, -0.2) is 58.6 Å². The molecule has 0 amide bonds. The highest BCUT2D eigenvalue weighted by Gasteiger charge is 2.05. The summed E-state index contributed by atoms with van der Waals surface area (Å²) in [6.45, 7) is 8.50. The fraction of sp³-hybridized carbons (Fsp3) is 0.478. The zero-order valence-corrected chi connectivity index (χ0v) is 17.9. The molecule has 0 bridgehead atoms. The van der Waals surface area contributed by atoms with Crippen molar-refractivity contribution in [1.29, 1.82) is 0 Å². The van der Waals surface area contributed by atoms with Crippen molar-refractivity contribution in [2.24, 2.45) is 0 Å². The fourth-order valence-electron chi connectivity index (χ4n) is 2.97. The van der Waals surface area contributed by atoms with E-state index in [1.807, 2.05) is 13.1 Å². The molecule has 5 N–H and O–H groups in total. The maximum Gasteiger partial charge on any atom is 0.157 e. The predicted octanol–water partition coefficient (Wildman–Crippen LogP) is 3.62. The smallest absolute Gasteiger partial charge is 0.157 e. The minimum Gasteiger partial charge on any atom is -0.504 e. The molecule has 0 radical (unpaired) electrons. The third-order valence-electron chi connectivity index (χ3n) is 4.54. The van der Waals surface area contributed by atoms with Crippen LogP contribution in [0.15, 0.2) is 36.4 Å². The highest BCUT2D eigenvalue weighted by molar-refractivity contribution is 5.41. The molecule has 2 aromatic carbocycles. The highest BCUT2D eigenvalue weighted by Crippen LogP contribution is 2.25. The average molecular weight is 405 g/mol. The van der Waals surface area contributed by atoms with E-state index in [4.69, 9.17) is 10.2 Å². The van der Waals surface area contributed by atoms with Gasteiger partial charge in [0.1, 0.15) is 0 Å². The summed E-state index contributed by atoms with van der Waals surface area (Å²) in [5.41, 5.74) is 2.08. The van der Waals surface area contributed by atoms with Crippen LogP contribution < -0.4 is 5.32 Å². The van der Waals surface area contributed by atoms with E-state index in [1.54, 1.807) is 24.3 Å². The molecule has 2 aromatic rings. The van der Waals surface area contributed by atoms with Crippen LogP contribution in [0.3, 0.4) is 0 Å². The summed E-state index contributed by atoms with van der Waals surface area (Å²) in [5.74, 6) is -0.195. The number of benzene rings is 2. The lowest BCUT2D eigenvalue weighted by molar-refractivity contribution is 0.278. The molecule has 0 saturated carbocycles. The molecule has 0 unspecified atom stereocenters. The Labute approximate surface area is 174 Å². The summed E-state index contributed by atoms with van der Waals surface area (Å²) in [5, 5.41) is 39.8. The molecule has 0 saturated heterocycles. The third kappa shape index (κ3) is 9.54. The van der Waals surface area contributed by atoms with Crippen molar-refractivity contribution >= 4 is 0 Å². The molecule has 0 heterocycles. The van der Waals surface area contributed by atoms with Gasteiger partial charge in [-0.25, -0.2) is 0 Å². The number of aromatic hydroxyl groups is 4. The first-order chi connectivity index (χ1) is 13.9. The largest absolute Gasteiger partial charge is 0.504 e. The summed E-state index contributed by atoms with van der Waals surface area (Å²) < 4.78 is 0. The van der Waals surface area contributed by atoms with Crippen LogP contribution in [0, 0.1) is 0 Å². The molecular weight excluding hydrogens is 368 g/mol. The summed E-state index contributed by atoms with van der Waals surface area (Å²) in [6.07, 6.45) is 4.10. The number of nitrogens with zero attached hydrogens (tertiary/aromatic N) is 1. The minimum absolute atomic E-state index is 0.0277. The van der Waals surface area contributed by atoms with E-state index < -0.39 is 0 Å². The van der Waals surface area contributed by atoms with Crippen molar-refractivity contribution in [2.45, 2.75) is 39.5 Å². The number of nitrogens with one attached hydrogen (secondary N) is 1. The van der Waals surface area contributed by atoms with E-state index in [2.05, 4.69) is 24.1 Å². The Morgan fingerprint density at radius 2 is 1.17 bits per heavy atom. The van der Waals surface area contributed by atoms with Gasteiger partial charge in [0.15, 0.2) is 23.0 Å². The summed E-state index contributed by atoms with van der Waals surface area (Å²) >= 11 is 0. The van der Waals surface area contributed by atoms with Gasteiger partial charge in [-0.3, -0.25) is 0 Å². The van der Waals surface area contributed by atoms with Gasteiger partial charge in [0.05, 0.1) is 0 Å². The first-order valence-corrected chi connectivity index (χ1v) is 10.3. The minimum atomic E-state index is -0.0665. The Kier molecular flexibility index (Phi) is 11.6. The van der Waals surface area contributed by atoms with Crippen molar-refractivity contribution in [2.75, 3.05) is 33.2 Å². The van der Waals surface area contributed by atoms with Crippen LogP contribution in [0.1, 0.15) is 37.8 Å². The monoisotopic (exact) mass is 404 g/mol. The van der Waals surface area contributed by atoms with Gasteiger partial charge in [-0.15, -0.1) is 0 Å². The number of hydrogen-bond acceptors (Lipinski definition) is 6. The number of likely N-dealkylation sites (N-methyl/N-ethyl adjacent to an activating group) is 1. The number of rotatable bonds is 10. The van der Waals surface area contributed by atoms with Gasteiger partial charge in [0.2, 0.25) is 0 Å². The van der Waals surface area contributed by atoms with E-state index in [0.29, 0.717) is 0 Å². The topological polar surface area (TPSA) is 96.2 Å². The fourth-order valence-corrected chi connectivity index (χ4v) is 2.97. The normalized spacial score (nSPS) is 10.6. The molecule has 0 atom stereocenters. The maximum absolute atomic E-state index is 9.41. The average Bonchev–Trinajstić information content (AvgIpc) is 2.70. The van der Waals surface area contributed by atoms with Crippen molar-refractivity contribution in [1.82, 2.24) is 10.2 Å². The molecule has 0 aliphatic rings. The Hall–Kier alpha value is -2.44. The van der Waals surface area contributed by atoms with Crippen molar-refractivity contribution in [3.05, 3.63) is 47.5 Å². The molecule has 29 heavy (non-hydrogen) atoms. The summed E-state index contributed by atoms with van der Waals surface area (Å²) in [6, 6.07) is 9.94. The summed E-state index contributed by atoms with van der Waals surface area (Å²) in [4.78, 5) is 2.43. The molecular formula is C23H36N2O4.